The minimum absolute atomic E-state index is 0.188. The van der Waals surface area contributed by atoms with Gasteiger partial charge in [-0.1, -0.05) is 45.0 Å². The molecule has 11 nitrogen and oxygen atoms in total. The molecule has 4 aromatic rings. The van der Waals surface area contributed by atoms with Gasteiger partial charge in [-0.05, 0) is 35.2 Å². The van der Waals surface area contributed by atoms with Gasteiger partial charge in [-0.2, -0.15) is 4.98 Å². The van der Waals surface area contributed by atoms with Gasteiger partial charge in [0, 0.05) is 30.1 Å². The van der Waals surface area contributed by atoms with E-state index in [-0.39, 0.29) is 16.9 Å². The first kappa shape index (κ1) is 28.4. The predicted molar refractivity (Wildman–Crippen MR) is 158 cm³/mol. The molecule has 0 aliphatic heterocycles. The van der Waals surface area contributed by atoms with Crippen molar-refractivity contribution in [2.45, 2.75) is 26.2 Å². The number of anilines is 4. The number of aromatic nitrogens is 2. The molecule has 1 heterocycles. The van der Waals surface area contributed by atoms with Crippen molar-refractivity contribution in [2.75, 3.05) is 41.1 Å². The number of methoxy groups -OCH3 is 1. The molecule has 0 atom stereocenters. The summed E-state index contributed by atoms with van der Waals surface area (Å²) >= 11 is 0. The monoisotopic (exact) mass is 564 g/mol. The molecule has 0 fully saturated rings. The van der Waals surface area contributed by atoms with Gasteiger partial charge < -0.3 is 25.4 Å². The van der Waals surface area contributed by atoms with Crippen LogP contribution in [0.1, 0.15) is 26.3 Å². The van der Waals surface area contributed by atoms with Gasteiger partial charge in [0.1, 0.15) is 5.75 Å². The Labute approximate surface area is 233 Å². The number of hydrogen-bond acceptors (Lipinski definition) is 8. The normalized spacial score (nSPS) is 11.6. The first-order valence-corrected chi connectivity index (χ1v) is 14.3. The molecule has 4 N–H and O–H groups in total. The van der Waals surface area contributed by atoms with Crippen LogP contribution >= 0.6 is 0 Å². The summed E-state index contributed by atoms with van der Waals surface area (Å²) in [6, 6.07) is 15.5. The van der Waals surface area contributed by atoms with Crippen LogP contribution in [0.2, 0.25) is 0 Å². The highest BCUT2D eigenvalue weighted by atomic mass is 32.2. The second-order valence-corrected chi connectivity index (χ2v) is 11.8. The summed E-state index contributed by atoms with van der Waals surface area (Å²) in [6.07, 6.45) is 2.65. The van der Waals surface area contributed by atoms with E-state index < -0.39 is 16.1 Å². The van der Waals surface area contributed by atoms with Gasteiger partial charge in [0.05, 0.1) is 30.4 Å². The Kier molecular flexibility index (Phi) is 8.01. The van der Waals surface area contributed by atoms with Crippen LogP contribution in [0, 0.1) is 0 Å². The number of carbonyl (C=O) groups is 1. The summed E-state index contributed by atoms with van der Waals surface area (Å²) in [6.45, 7) is 5.96. The standard InChI is InChI=1S/C28H32N6O5S/c1-28(2,3)17-15-21(25(38-5)22(16-17)34-40(6,36)37)32-27(35)31-20-11-12-23(19-10-8-7-9-18(19)20)39-24-13-14-30-26(29-4)33-24/h7-16,34H,1-6H3,(H,29,30,33)(H2,31,32,35). The summed E-state index contributed by atoms with van der Waals surface area (Å²) in [7, 11) is -0.473. The molecule has 0 bridgehead atoms. The smallest absolute Gasteiger partial charge is 0.323 e. The van der Waals surface area contributed by atoms with Crippen LogP contribution < -0.4 is 30.1 Å². The van der Waals surface area contributed by atoms with Crippen molar-refractivity contribution in [2.24, 2.45) is 0 Å². The van der Waals surface area contributed by atoms with E-state index in [1.807, 2.05) is 45.0 Å². The summed E-state index contributed by atoms with van der Waals surface area (Å²) in [4.78, 5) is 21.6. The lowest BCUT2D eigenvalue weighted by Gasteiger charge is -2.24. The molecule has 0 saturated carbocycles. The predicted octanol–water partition coefficient (Wildman–Crippen LogP) is 5.79. The molecule has 40 heavy (non-hydrogen) atoms. The highest BCUT2D eigenvalue weighted by Gasteiger charge is 2.22. The van der Waals surface area contributed by atoms with Crippen LogP contribution in [0.4, 0.5) is 27.8 Å². The van der Waals surface area contributed by atoms with E-state index in [0.29, 0.717) is 29.0 Å². The van der Waals surface area contributed by atoms with Crippen LogP contribution in [-0.4, -0.2) is 44.8 Å². The molecular weight excluding hydrogens is 532 g/mol. The highest BCUT2D eigenvalue weighted by Crippen LogP contribution is 2.39. The summed E-state index contributed by atoms with van der Waals surface area (Å²) in [5.74, 6) is 1.54. The average Bonchev–Trinajstić information content (AvgIpc) is 2.88. The van der Waals surface area contributed by atoms with Crippen LogP contribution in [0.5, 0.6) is 17.4 Å². The second-order valence-electron chi connectivity index (χ2n) is 10.0. The van der Waals surface area contributed by atoms with E-state index >= 15 is 0 Å². The minimum Gasteiger partial charge on any atom is -0.492 e. The largest absolute Gasteiger partial charge is 0.492 e. The fourth-order valence-electron chi connectivity index (χ4n) is 4.03. The zero-order valence-electron chi connectivity index (χ0n) is 23.1. The number of benzene rings is 3. The molecule has 0 saturated heterocycles. The van der Waals surface area contributed by atoms with E-state index in [9.17, 15) is 13.2 Å². The molecule has 2 amide bonds. The number of ether oxygens (including phenoxy) is 2. The molecule has 0 spiro atoms. The molecular formula is C28H32N6O5S. The van der Waals surface area contributed by atoms with Crippen LogP contribution in [0.3, 0.4) is 0 Å². The summed E-state index contributed by atoms with van der Waals surface area (Å²) in [5, 5.41) is 10.1. The number of amides is 2. The van der Waals surface area contributed by atoms with Crippen molar-refractivity contribution in [3.63, 3.8) is 0 Å². The average molecular weight is 565 g/mol. The molecule has 0 aliphatic rings. The molecule has 0 unspecified atom stereocenters. The van der Waals surface area contributed by atoms with Gasteiger partial charge in [0.15, 0.2) is 5.75 Å². The molecule has 1 aromatic heterocycles. The highest BCUT2D eigenvalue weighted by molar-refractivity contribution is 7.92. The minimum atomic E-state index is -3.60. The quantitative estimate of drug-likeness (QED) is 0.211. The van der Waals surface area contributed by atoms with Gasteiger partial charge in [-0.15, -0.1) is 0 Å². The molecule has 4 rings (SSSR count). The first-order valence-electron chi connectivity index (χ1n) is 12.4. The fraction of sp³-hybridized carbons (Fsp3) is 0.250. The van der Waals surface area contributed by atoms with E-state index in [2.05, 4.69) is 30.6 Å². The summed E-state index contributed by atoms with van der Waals surface area (Å²) < 4.78 is 38.0. The lowest BCUT2D eigenvalue weighted by molar-refractivity contribution is 0.262. The molecule has 210 valence electrons. The maximum atomic E-state index is 13.2. The van der Waals surface area contributed by atoms with Gasteiger partial charge >= 0.3 is 6.03 Å². The van der Waals surface area contributed by atoms with Crippen LogP contribution in [0.15, 0.2) is 60.8 Å². The fourth-order valence-corrected chi connectivity index (χ4v) is 4.58. The number of hydrogen-bond donors (Lipinski definition) is 4. The zero-order valence-corrected chi connectivity index (χ0v) is 23.9. The third kappa shape index (κ3) is 6.70. The van der Waals surface area contributed by atoms with E-state index in [1.54, 1.807) is 43.6 Å². The van der Waals surface area contributed by atoms with Crippen molar-refractivity contribution in [1.29, 1.82) is 0 Å². The van der Waals surface area contributed by atoms with E-state index in [4.69, 9.17) is 9.47 Å². The Bertz CT molecular complexity index is 1670. The Hall–Kier alpha value is -4.58. The SMILES string of the molecule is CNc1nccc(Oc2ccc(NC(=O)Nc3cc(C(C)(C)C)cc(NS(C)(=O)=O)c3OC)c3ccccc23)n1. The molecule has 0 aliphatic carbocycles. The van der Waals surface area contributed by atoms with E-state index in [1.165, 1.54) is 7.11 Å². The van der Waals surface area contributed by atoms with Crippen molar-refractivity contribution >= 4 is 49.8 Å². The number of nitrogens with zero attached hydrogens (tertiary/aromatic N) is 2. The first-order chi connectivity index (χ1) is 18.9. The zero-order chi connectivity index (χ0) is 29.1. The number of urea groups is 1. The number of carbonyl (C=O) groups excluding carboxylic acids is 1. The van der Waals surface area contributed by atoms with Gasteiger partial charge in [-0.25, -0.2) is 18.2 Å². The lowest BCUT2D eigenvalue weighted by Crippen LogP contribution is -2.22. The maximum Gasteiger partial charge on any atom is 0.323 e. The molecule has 12 heteroatoms. The molecule has 3 aromatic carbocycles. The topological polar surface area (TPSA) is 144 Å². The number of nitrogens with one attached hydrogen (secondary N) is 4. The van der Waals surface area contributed by atoms with Gasteiger partial charge in [-0.3, -0.25) is 4.72 Å². The van der Waals surface area contributed by atoms with Gasteiger partial charge in [0.25, 0.3) is 0 Å². The number of rotatable bonds is 8. The Morgan fingerprint density at radius 3 is 2.25 bits per heavy atom. The Morgan fingerprint density at radius 1 is 0.925 bits per heavy atom. The summed E-state index contributed by atoms with van der Waals surface area (Å²) in [5.41, 5.74) is 1.54. The Morgan fingerprint density at radius 2 is 1.60 bits per heavy atom. The number of sulfonamides is 1. The maximum absolute atomic E-state index is 13.2. The van der Waals surface area contributed by atoms with Crippen molar-refractivity contribution < 1.29 is 22.7 Å². The van der Waals surface area contributed by atoms with Crippen LogP contribution in [0.25, 0.3) is 10.8 Å². The van der Waals surface area contributed by atoms with Crippen molar-refractivity contribution in [1.82, 2.24) is 9.97 Å². The third-order valence-electron chi connectivity index (χ3n) is 5.90. The van der Waals surface area contributed by atoms with Crippen molar-refractivity contribution in [3.05, 3.63) is 66.4 Å². The lowest BCUT2D eigenvalue weighted by atomic mass is 9.86. The second kappa shape index (κ2) is 11.3. The molecule has 0 radical (unpaired) electrons. The van der Waals surface area contributed by atoms with Crippen LogP contribution in [-0.2, 0) is 15.4 Å². The van der Waals surface area contributed by atoms with E-state index in [0.717, 1.165) is 22.6 Å². The number of fused-ring (bicyclic) bond motifs is 1. The van der Waals surface area contributed by atoms with Gasteiger partial charge in [0.2, 0.25) is 21.9 Å². The van der Waals surface area contributed by atoms with Crippen molar-refractivity contribution in [3.8, 4) is 17.4 Å². The Balaban J connectivity index is 1.65. The third-order valence-corrected chi connectivity index (χ3v) is 6.49.